The molecule has 158 valence electrons. The predicted molar refractivity (Wildman–Crippen MR) is 116 cm³/mol. The normalized spacial score (nSPS) is 17.4. The lowest BCUT2D eigenvalue weighted by atomic mass is 9.78. The number of carbonyl (C=O) groups is 1. The van der Waals surface area contributed by atoms with Crippen molar-refractivity contribution in [3.8, 4) is 5.75 Å². The molecule has 0 bridgehead atoms. The summed E-state index contributed by atoms with van der Waals surface area (Å²) in [5.41, 5.74) is 9.55. The lowest BCUT2D eigenvalue weighted by molar-refractivity contribution is -0.145. The minimum absolute atomic E-state index is 0. The van der Waals surface area contributed by atoms with E-state index in [0.29, 0.717) is 17.4 Å². The minimum Gasteiger partial charge on any atom is -0.482 e. The van der Waals surface area contributed by atoms with Crippen molar-refractivity contribution in [2.75, 3.05) is 13.2 Å². The summed E-state index contributed by atoms with van der Waals surface area (Å²) in [5, 5.41) is 11.3. The molecule has 3 N–H and O–H groups in total. The Bertz CT molecular complexity index is 830. The van der Waals surface area contributed by atoms with Crippen LogP contribution in [0.1, 0.15) is 36.1 Å². The molecule has 0 fully saturated rings. The van der Waals surface area contributed by atoms with E-state index in [2.05, 4.69) is 0 Å². The third kappa shape index (κ3) is 6.09. The number of carbonyl (C=O) groups excluding carboxylic acids is 1. The number of benzene rings is 2. The van der Waals surface area contributed by atoms with E-state index in [0.717, 1.165) is 30.4 Å². The number of aliphatic hydroxyl groups excluding tert-OH is 1. The highest BCUT2D eigenvalue weighted by atomic mass is 35.5. The van der Waals surface area contributed by atoms with E-state index in [-0.39, 0.29) is 30.9 Å². The van der Waals surface area contributed by atoms with Gasteiger partial charge < -0.3 is 20.3 Å². The lowest BCUT2D eigenvalue weighted by Crippen LogP contribution is -2.39. The van der Waals surface area contributed by atoms with Crippen molar-refractivity contribution >= 4 is 30.0 Å². The SMILES string of the molecule is CCOC(=O)COc1ccc2c(c1)CC(C(N)C(O)c1cccc(Cl)c1)CC2.Cl. The summed E-state index contributed by atoms with van der Waals surface area (Å²) in [5.74, 6) is 0.392. The molecule has 7 heteroatoms. The quantitative estimate of drug-likeness (QED) is 0.639. The van der Waals surface area contributed by atoms with Gasteiger partial charge in [-0.3, -0.25) is 0 Å². The first-order valence-electron chi connectivity index (χ1n) is 9.57. The fourth-order valence-electron chi connectivity index (χ4n) is 3.70. The van der Waals surface area contributed by atoms with Gasteiger partial charge in [-0.2, -0.15) is 0 Å². The number of rotatable bonds is 7. The van der Waals surface area contributed by atoms with Crippen molar-refractivity contribution in [2.45, 2.75) is 38.3 Å². The summed E-state index contributed by atoms with van der Waals surface area (Å²) >= 11 is 6.04. The molecule has 0 saturated carbocycles. The van der Waals surface area contributed by atoms with Crippen LogP contribution in [-0.2, 0) is 22.4 Å². The van der Waals surface area contributed by atoms with Crippen LogP contribution in [0.5, 0.6) is 5.75 Å². The number of halogens is 2. The molecule has 3 rings (SSSR count). The third-order valence-corrected chi connectivity index (χ3v) is 5.44. The number of aliphatic hydroxyl groups is 1. The average molecular weight is 440 g/mol. The Hall–Kier alpha value is -1.79. The van der Waals surface area contributed by atoms with Gasteiger partial charge in [0.15, 0.2) is 6.61 Å². The third-order valence-electron chi connectivity index (χ3n) is 5.21. The van der Waals surface area contributed by atoms with Crippen molar-refractivity contribution in [3.63, 3.8) is 0 Å². The highest BCUT2D eigenvalue weighted by Gasteiger charge is 2.29. The molecule has 2 aromatic rings. The smallest absolute Gasteiger partial charge is 0.344 e. The number of hydrogen-bond donors (Lipinski definition) is 2. The molecule has 0 heterocycles. The molecule has 1 aliphatic carbocycles. The zero-order chi connectivity index (χ0) is 20.1. The Labute approximate surface area is 182 Å². The minimum atomic E-state index is -0.770. The Morgan fingerprint density at radius 2 is 2.07 bits per heavy atom. The van der Waals surface area contributed by atoms with E-state index in [9.17, 15) is 9.90 Å². The molecule has 1 aliphatic rings. The Morgan fingerprint density at radius 3 is 2.79 bits per heavy atom. The van der Waals surface area contributed by atoms with Gasteiger partial charge in [0.05, 0.1) is 12.7 Å². The van der Waals surface area contributed by atoms with Crippen molar-refractivity contribution < 1.29 is 19.4 Å². The number of aryl methyl sites for hydroxylation is 1. The zero-order valence-electron chi connectivity index (χ0n) is 16.3. The van der Waals surface area contributed by atoms with Gasteiger partial charge in [-0.15, -0.1) is 12.4 Å². The highest BCUT2D eigenvalue weighted by molar-refractivity contribution is 6.30. The lowest BCUT2D eigenvalue weighted by Gasteiger charge is -2.32. The summed E-state index contributed by atoms with van der Waals surface area (Å²) in [7, 11) is 0. The first-order chi connectivity index (χ1) is 13.5. The van der Waals surface area contributed by atoms with Crippen molar-refractivity contribution in [1.82, 2.24) is 0 Å². The van der Waals surface area contributed by atoms with Crippen LogP contribution in [-0.4, -0.2) is 30.3 Å². The van der Waals surface area contributed by atoms with Crippen LogP contribution in [0.4, 0.5) is 0 Å². The first kappa shape index (κ1) is 23.5. The first-order valence-corrected chi connectivity index (χ1v) is 9.95. The van der Waals surface area contributed by atoms with Gasteiger partial charge in [0, 0.05) is 11.1 Å². The highest BCUT2D eigenvalue weighted by Crippen LogP contribution is 2.33. The van der Waals surface area contributed by atoms with Gasteiger partial charge in [-0.1, -0.05) is 29.8 Å². The number of ether oxygens (including phenoxy) is 2. The van der Waals surface area contributed by atoms with E-state index in [1.807, 2.05) is 30.3 Å². The summed E-state index contributed by atoms with van der Waals surface area (Å²) in [4.78, 5) is 11.5. The van der Waals surface area contributed by atoms with Crippen LogP contribution >= 0.6 is 24.0 Å². The summed E-state index contributed by atoms with van der Waals surface area (Å²) in [6.45, 7) is 1.99. The number of esters is 1. The molecule has 0 spiro atoms. The van der Waals surface area contributed by atoms with Crippen LogP contribution in [0.3, 0.4) is 0 Å². The second-order valence-corrected chi connectivity index (χ2v) is 7.54. The van der Waals surface area contributed by atoms with Gasteiger partial charge in [0.2, 0.25) is 0 Å². The van der Waals surface area contributed by atoms with Crippen molar-refractivity contribution in [1.29, 1.82) is 0 Å². The molecule has 3 unspecified atom stereocenters. The summed E-state index contributed by atoms with van der Waals surface area (Å²) in [6, 6.07) is 12.7. The van der Waals surface area contributed by atoms with Gasteiger partial charge >= 0.3 is 5.97 Å². The molecule has 0 saturated heterocycles. The second-order valence-electron chi connectivity index (χ2n) is 7.10. The van der Waals surface area contributed by atoms with Crippen LogP contribution in [0.15, 0.2) is 42.5 Å². The van der Waals surface area contributed by atoms with Crippen LogP contribution in [0.2, 0.25) is 5.02 Å². The Kier molecular flexibility index (Phi) is 8.78. The molecule has 5 nitrogen and oxygen atoms in total. The number of fused-ring (bicyclic) bond motifs is 1. The summed E-state index contributed by atoms with van der Waals surface area (Å²) in [6.07, 6.45) is 1.79. The molecule has 0 radical (unpaired) electrons. The van der Waals surface area contributed by atoms with Gasteiger partial charge in [-0.05, 0) is 73.1 Å². The predicted octanol–water partition coefficient (Wildman–Crippen LogP) is 3.87. The number of hydrogen-bond acceptors (Lipinski definition) is 5. The van der Waals surface area contributed by atoms with Gasteiger partial charge in [0.25, 0.3) is 0 Å². The fraction of sp³-hybridized carbons (Fsp3) is 0.409. The molecular weight excluding hydrogens is 413 g/mol. The van der Waals surface area contributed by atoms with E-state index in [1.54, 1.807) is 19.1 Å². The molecule has 0 aromatic heterocycles. The summed E-state index contributed by atoms with van der Waals surface area (Å²) < 4.78 is 10.4. The van der Waals surface area contributed by atoms with E-state index < -0.39 is 12.1 Å². The van der Waals surface area contributed by atoms with Crippen LogP contribution < -0.4 is 10.5 Å². The topological polar surface area (TPSA) is 81.8 Å². The van der Waals surface area contributed by atoms with E-state index in [1.165, 1.54) is 5.56 Å². The monoisotopic (exact) mass is 439 g/mol. The average Bonchev–Trinajstić information content (AvgIpc) is 2.70. The van der Waals surface area contributed by atoms with Crippen LogP contribution in [0, 0.1) is 5.92 Å². The fourth-order valence-corrected chi connectivity index (χ4v) is 3.89. The standard InChI is InChI=1S/C22H26ClNO4.ClH/c1-2-27-20(25)13-28-19-9-8-14-6-7-15(10-17(14)12-19)21(24)22(26)16-4-3-5-18(23)11-16;/h3-5,8-9,11-12,15,21-22,26H,2,6-7,10,13,24H2,1H3;1H. The maximum absolute atomic E-state index is 11.5. The molecule has 0 aliphatic heterocycles. The number of nitrogens with two attached hydrogens (primary N) is 1. The maximum Gasteiger partial charge on any atom is 0.344 e. The Morgan fingerprint density at radius 1 is 1.28 bits per heavy atom. The largest absolute Gasteiger partial charge is 0.482 e. The maximum atomic E-state index is 11.5. The second kappa shape index (κ2) is 10.8. The van der Waals surface area contributed by atoms with Gasteiger partial charge in [-0.25, -0.2) is 4.79 Å². The molecular formula is C22H27Cl2NO4. The van der Waals surface area contributed by atoms with Gasteiger partial charge in [0.1, 0.15) is 5.75 Å². The molecule has 2 aromatic carbocycles. The van der Waals surface area contributed by atoms with Crippen molar-refractivity contribution in [3.05, 3.63) is 64.2 Å². The molecule has 3 atom stereocenters. The van der Waals surface area contributed by atoms with E-state index in [4.69, 9.17) is 26.8 Å². The Balaban J connectivity index is 0.00000300. The van der Waals surface area contributed by atoms with Crippen LogP contribution in [0.25, 0.3) is 0 Å². The molecule has 29 heavy (non-hydrogen) atoms. The van der Waals surface area contributed by atoms with E-state index >= 15 is 0 Å². The molecule has 0 amide bonds. The van der Waals surface area contributed by atoms with Crippen molar-refractivity contribution in [2.24, 2.45) is 11.7 Å². The zero-order valence-corrected chi connectivity index (χ0v) is 17.9.